The molecule has 19 heavy (non-hydrogen) atoms. The average molecular weight is 290 g/mol. The molecule has 0 amide bonds. The van der Waals surface area contributed by atoms with E-state index in [2.05, 4.69) is 0 Å². The molecular formula is C15H22CaO3. The van der Waals surface area contributed by atoms with Crippen LogP contribution in [0, 0.1) is 0 Å². The van der Waals surface area contributed by atoms with E-state index in [-0.39, 0.29) is 59.9 Å². The summed E-state index contributed by atoms with van der Waals surface area (Å²) >= 11 is 0. The van der Waals surface area contributed by atoms with Crippen LogP contribution in [0.5, 0.6) is 5.75 Å². The fourth-order valence-electron chi connectivity index (χ4n) is 1.80. The zero-order valence-electron chi connectivity index (χ0n) is 12.7. The van der Waals surface area contributed by atoms with Gasteiger partial charge in [-0.1, -0.05) is 47.6 Å². The molecule has 2 radical (unpaired) electrons. The molecule has 0 fully saturated rings. The summed E-state index contributed by atoms with van der Waals surface area (Å²) in [6, 6.07) is 3.47. The summed E-state index contributed by atoms with van der Waals surface area (Å²) in [6.07, 6.45) is 0. The summed E-state index contributed by atoms with van der Waals surface area (Å²) in [5.41, 5.74) is 1.12. The Balaban J connectivity index is 0.00000324. The van der Waals surface area contributed by atoms with Gasteiger partial charge >= 0.3 is 5.97 Å². The number of aromatic carboxylic acids is 1. The van der Waals surface area contributed by atoms with Gasteiger partial charge in [0.15, 0.2) is 0 Å². The van der Waals surface area contributed by atoms with E-state index in [1.54, 1.807) is 6.07 Å². The maximum atomic E-state index is 11.2. The van der Waals surface area contributed by atoms with Gasteiger partial charge in [0.25, 0.3) is 0 Å². The molecule has 0 aromatic heterocycles. The van der Waals surface area contributed by atoms with E-state index in [9.17, 15) is 15.0 Å². The standard InChI is InChI=1S/C15H22O3.Ca/c1-14(2,3)9-7-10(13(17)18)12(16)11(8-9)15(4,5)6;/h7-8,16H,1-6H3,(H,17,18);. The van der Waals surface area contributed by atoms with Gasteiger partial charge in [0.2, 0.25) is 0 Å². The number of hydrogen-bond acceptors (Lipinski definition) is 2. The smallest absolute Gasteiger partial charge is 0.339 e. The number of rotatable bonds is 1. The Morgan fingerprint density at radius 1 is 1.00 bits per heavy atom. The molecule has 102 valence electrons. The average Bonchev–Trinajstić information content (AvgIpc) is 2.13. The van der Waals surface area contributed by atoms with Crippen molar-refractivity contribution >= 4 is 43.7 Å². The maximum absolute atomic E-state index is 11.2. The van der Waals surface area contributed by atoms with Crippen molar-refractivity contribution in [1.82, 2.24) is 0 Å². The van der Waals surface area contributed by atoms with Crippen LogP contribution in [0.4, 0.5) is 0 Å². The minimum Gasteiger partial charge on any atom is -0.507 e. The number of hydrogen-bond donors (Lipinski definition) is 2. The van der Waals surface area contributed by atoms with Gasteiger partial charge < -0.3 is 10.2 Å². The third-order valence-corrected chi connectivity index (χ3v) is 3.01. The van der Waals surface area contributed by atoms with E-state index in [4.69, 9.17) is 0 Å². The minimum absolute atomic E-state index is 0. The van der Waals surface area contributed by atoms with Crippen LogP contribution in [0.2, 0.25) is 0 Å². The van der Waals surface area contributed by atoms with E-state index in [0.29, 0.717) is 5.56 Å². The Hall–Kier alpha value is -0.250. The number of carboxylic acids is 1. The van der Waals surface area contributed by atoms with Gasteiger partial charge in [-0.25, -0.2) is 4.79 Å². The van der Waals surface area contributed by atoms with Crippen molar-refractivity contribution in [3.63, 3.8) is 0 Å². The second-order valence-corrected chi connectivity index (χ2v) is 6.73. The molecule has 1 aromatic rings. The van der Waals surface area contributed by atoms with Crippen molar-refractivity contribution in [2.45, 2.75) is 52.4 Å². The Kier molecular flexibility index (Phi) is 5.95. The summed E-state index contributed by atoms with van der Waals surface area (Å²) in [5, 5.41) is 19.3. The monoisotopic (exact) mass is 290 g/mol. The second-order valence-electron chi connectivity index (χ2n) is 6.73. The van der Waals surface area contributed by atoms with Crippen LogP contribution in [0.15, 0.2) is 12.1 Å². The summed E-state index contributed by atoms with van der Waals surface area (Å²) < 4.78 is 0. The van der Waals surface area contributed by atoms with Crippen LogP contribution in [-0.4, -0.2) is 53.9 Å². The van der Waals surface area contributed by atoms with E-state index in [1.165, 1.54) is 0 Å². The first-order valence-electron chi connectivity index (χ1n) is 6.06. The van der Waals surface area contributed by atoms with E-state index < -0.39 is 5.97 Å². The molecule has 1 rings (SSSR count). The fraction of sp³-hybridized carbons (Fsp3) is 0.533. The molecule has 0 unspecified atom stereocenters. The van der Waals surface area contributed by atoms with Gasteiger partial charge in [-0.05, 0) is 22.5 Å². The van der Waals surface area contributed by atoms with Crippen LogP contribution in [0.25, 0.3) is 0 Å². The summed E-state index contributed by atoms with van der Waals surface area (Å²) in [6.45, 7) is 12.0. The van der Waals surface area contributed by atoms with Crippen LogP contribution in [0.3, 0.4) is 0 Å². The van der Waals surface area contributed by atoms with Crippen LogP contribution in [0.1, 0.15) is 63.0 Å². The summed E-state index contributed by atoms with van der Waals surface area (Å²) in [4.78, 5) is 11.2. The molecule has 0 heterocycles. The minimum atomic E-state index is -1.09. The number of carbonyl (C=O) groups is 1. The molecule has 1 aromatic carbocycles. The molecule has 0 aliphatic heterocycles. The van der Waals surface area contributed by atoms with Crippen molar-refractivity contribution in [3.8, 4) is 5.75 Å². The van der Waals surface area contributed by atoms with Crippen molar-refractivity contribution in [1.29, 1.82) is 0 Å². The van der Waals surface area contributed by atoms with Gasteiger partial charge in [-0.2, -0.15) is 0 Å². The van der Waals surface area contributed by atoms with Gasteiger partial charge in [-0.3, -0.25) is 0 Å². The second kappa shape index (κ2) is 6.02. The molecule has 3 nitrogen and oxygen atoms in total. The van der Waals surface area contributed by atoms with E-state index >= 15 is 0 Å². The normalized spacial score (nSPS) is 11.9. The Morgan fingerprint density at radius 3 is 1.79 bits per heavy atom. The fourth-order valence-corrected chi connectivity index (χ4v) is 1.80. The molecule has 0 spiro atoms. The number of carboxylic acid groups (broad SMARTS) is 1. The third kappa shape index (κ3) is 4.37. The number of benzene rings is 1. The van der Waals surface area contributed by atoms with Crippen LogP contribution in [-0.2, 0) is 10.8 Å². The number of phenols is 1. The van der Waals surface area contributed by atoms with Gasteiger partial charge in [0.05, 0.1) is 0 Å². The van der Waals surface area contributed by atoms with Crippen molar-refractivity contribution in [2.24, 2.45) is 0 Å². The van der Waals surface area contributed by atoms with Gasteiger partial charge in [-0.15, -0.1) is 0 Å². The molecule has 2 N–H and O–H groups in total. The summed E-state index contributed by atoms with van der Waals surface area (Å²) in [7, 11) is 0. The van der Waals surface area contributed by atoms with Crippen LogP contribution >= 0.6 is 0 Å². The number of aromatic hydroxyl groups is 1. The topological polar surface area (TPSA) is 57.5 Å². The first-order chi connectivity index (χ1) is 7.94. The zero-order valence-corrected chi connectivity index (χ0v) is 14.9. The molecule has 0 saturated carbocycles. The molecule has 4 heteroatoms. The Bertz CT molecular complexity index is 479. The molecule has 0 bridgehead atoms. The Labute approximate surface area is 145 Å². The molecule has 0 aliphatic rings. The third-order valence-electron chi connectivity index (χ3n) is 3.01. The Morgan fingerprint density at radius 2 is 1.47 bits per heavy atom. The molecular weight excluding hydrogens is 268 g/mol. The quantitative estimate of drug-likeness (QED) is 0.780. The SMILES string of the molecule is CC(C)(C)c1cc(C(=O)O)c(O)c(C(C)(C)C)c1.[Ca]. The summed E-state index contributed by atoms with van der Waals surface area (Å²) in [5.74, 6) is -1.22. The largest absolute Gasteiger partial charge is 0.507 e. The van der Waals surface area contributed by atoms with Gasteiger partial charge in [0, 0.05) is 43.3 Å². The maximum Gasteiger partial charge on any atom is 0.339 e. The molecule has 0 aliphatic carbocycles. The predicted molar refractivity (Wildman–Crippen MR) is 78.2 cm³/mol. The molecule has 0 atom stereocenters. The molecule has 0 saturated heterocycles. The van der Waals surface area contributed by atoms with E-state index in [0.717, 1.165) is 5.56 Å². The predicted octanol–water partition coefficient (Wildman–Crippen LogP) is 3.30. The first kappa shape index (κ1) is 18.7. The van der Waals surface area contributed by atoms with Crippen molar-refractivity contribution in [2.75, 3.05) is 0 Å². The van der Waals surface area contributed by atoms with E-state index in [1.807, 2.05) is 47.6 Å². The first-order valence-corrected chi connectivity index (χ1v) is 6.06. The van der Waals surface area contributed by atoms with Gasteiger partial charge in [0.1, 0.15) is 11.3 Å². The van der Waals surface area contributed by atoms with Crippen molar-refractivity contribution < 1.29 is 15.0 Å². The van der Waals surface area contributed by atoms with Crippen molar-refractivity contribution in [3.05, 3.63) is 28.8 Å². The zero-order chi connectivity index (χ0) is 14.3. The van der Waals surface area contributed by atoms with Crippen LogP contribution < -0.4 is 0 Å².